The van der Waals surface area contributed by atoms with Gasteiger partial charge in [0.15, 0.2) is 11.6 Å². The highest BCUT2D eigenvalue weighted by Crippen LogP contribution is 2.68. The number of hydrogen-bond acceptors (Lipinski definition) is 6. The maximum atomic E-state index is 13.7. The Balaban J connectivity index is 1.50. The minimum Gasteiger partial charge on any atom is -0.381 e. The molecular weight excluding hydrogens is 486 g/mol. The first kappa shape index (κ1) is 23.0. The van der Waals surface area contributed by atoms with Crippen LogP contribution in [0.5, 0.6) is 0 Å². The molecule has 12 heteroatoms. The maximum absolute atomic E-state index is 13.7. The second kappa shape index (κ2) is 7.52. The lowest BCUT2D eigenvalue weighted by Crippen LogP contribution is -2.66. The summed E-state index contributed by atoms with van der Waals surface area (Å²) in [6.07, 6.45) is 5.34. The van der Waals surface area contributed by atoms with Crippen molar-refractivity contribution < 1.29 is 26.0 Å². The molecule has 1 aromatic heterocycles. The average molecular weight is 512 g/mol. The van der Waals surface area contributed by atoms with Crippen molar-refractivity contribution in [3.63, 3.8) is 0 Å². The summed E-state index contributed by atoms with van der Waals surface area (Å²) in [7, 11) is -5.55. The minimum atomic E-state index is -5.55. The highest BCUT2D eigenvalue weighted by molar-refractivity contribution is 7.89. The average Bonchev–Trinajstić information content (AvgIpc) is 3.56. The van der Waals surface area contributed by atoms with Gasteiger partial charge in [0, 0.05) is 24.8 Å². The largest absolute Gasteiger partial charge is 0.511 e. The second-order valence-corrected chi connectivity index (χ2v) is 12.3. The Morgan fingerprint density at radius 3 is 2.46 bits per heavy atom. The fourth-order valence-electron chi connectivity index (χ4n) is 6.16. The van der Waals surface area contributed by atoms with Gasteiger partial charge in [-0.1, -0.05) is 12.1 Å². The molecule has 7 rings (SSSR count). The number of sulfonamides is 1. The summed E-state index contributed by atoms with van der Waals surface area (Å²) in [6.45, 7) is -0.546. The van der Waals surface area contributed by atoms with Gasteiger partial charge in [-0.05, 0) is 66.5 Å². The number of halogens is 4. The SMILES string of the molecule is Nc1nc(CN2c3cccc(C4CC4)c3CN(S(=O)(=O)C(F)(F)F)CC2C23CC(C2)C3)ncc1F. The number of benzene rings is 1. The van der Waals surface area contributed by atoms with Gasteiger partial charge in [-0.25, -0.2) is 22.8 Å². The molecule has 5 aliphatic rings. The number of rotatable bonds is 5. The number of fused-ring (bicyclic) bond motifs is 1. The van der Waals surface area contributed by atoms with E-state index in [9.17, 15) is 26.0 Å². The number of hydrogen-bond donors (Lipinski definition) is 1. The summed E-state index contributed by atoms with van der Waals surface area (Å²) in [6, 6.07) is 5.07. The summed E-state index contributed by atoms with van der Waals surface area (Å²) in [5, 5.41) is 0. The van der Waals surface area contributed by atoms with Gasteiger partial charge in [0.05, 0.1) is 12.7 Å². The van der Waals surface area contributed by atoms with Gasteiger partial charge in [-0.2, -0.15) is 17.5 Å². The Labute approximate surface area is 200 Å². The summed E-state index contributed by atoms with van der Waals surface area (Å²) in [5.41, 5.74) is 2.16. The fourth-order valence-corrected chi connectivity index (χ4v) is 7.09. The zero-order valence-electron chi connectivity index (χ0n) is 18.8. The predicted molar refractivity (Wildman–Crippen MR) is 120 cm³/mol. The maximum Gasteiger partial charge on any atom is 0.511 e. The van der Waals surface area contributed by atoms with Crippen molar-refractivity contribution in [2.24, 2.45) is 11.3 Å². The molecule has 2 heterocycles. The quantitative estimate of drug-likeness (QED) is 0.612. The van der Waals surface area contributed by atoms with Crippen molar-refractivity contribution >= 4 is 21.5 Å². The third-order valence-electron chi connectivity index (χ3n) is 8.16. The summed E-state index contributed by atoms with van der Waals surface area (Å²) < 4.78 is 81.0. The molecule has 1 unspecified atom stereocenters. The third kappa shape index (κ3) is 3.59. The predicted octanol–water partition coefficient (Wildman–Crippen LogP) is 3.92. The molecule has 0 spiro atoms. The zero-order chi connectivity index (χ0) is 24.8. The molecule has 7 nitrogen and oxygen atoms in total. The van der Waals surface area contributed by atoms with Crippen molar-refractivity contribution in [2.45, 2.75) is 62.7 Å². The van der Waals surface area contributed by atoms with Crippen LogP contribution in [0.2, 0.25) is 0 Å². The van der Waals surface area contributed by atoms with Crippen molar-refractivity contribution in [3.05, 3.63) is 47.2 Å². The van der Waals surface area contributed by atoms with Gasteiger partial charge < -0.3 is 10.6 Å². The molecule has 1 aliphatic heterocycles. The molecule has 4 aliphatic carbocycles. The third-order valence-corrected chi connectivity index (χ3v) is 9.70. The number of nitrogens with two attached hydrogens (primary N) is 1. The van der Waals surface area contributed by atoms with E-state index in [1.54, 1.807) is 0 Å². The molecule has 2 aromatic rings. The van der Waals surface area contributed by atoms with Crippen LogP contribution in [0.3, 0.4) is 0 Å². The molecule has 1 aromatic carbocycles. The summed E-state index contributed by atoms with van der Waals surface area (Å²) in [5.74, 6) is -0.0933. The molecule has 2 bridgehead atoms. The lowest BCUT2D eigenvalue weighted by molar-refractivity contribution is -0.129. The molecule has 35 heavy (non-hydrogen) atoms. The van der Waals surface area contributed by atoms with Gasteiger partial charge in [0.2, 0.25) is 0 Å². The first-order valence-corrected chi connectivity index (χ1v) is 13.1. The number of anilines is 2. The molecule has 2 N–H and O–H groups in total. The van der Waals surface area contributed by atoms with Gasteiger partial charge in [0.25, 0.3) is 0 Å². The van der Waals surface area contributed by atoms with E-state index in [-0.39, 0.29) is 42.6 Å². The van der Waals surface area contributed by atoms with Crippen LogP contribution in [0.25, 0.3) is 0 Å². The Morgan fingerprint density at radius 1 is 1.17 bits per heavy atom. The first-order chi connectivity index (χ1) is 16.5. The monoisotopic (exact) mass is 511 g/mol. The van der Waals surface area contributed by atoms with Crippen molar-refractivity contribution in [1.82, 2.24) is 14.3 Å². The Hall–Kier alpha value is -2.47. The second-order valence-electron chi connectivity index (χ2n) is 10.4. The van der Waals surface area contributed by atoms with Crippen molar-refractivity contribution in [1.29, 1.82) is 0 Å². The van der Waals surface area contributed by atoms with Crippen LogP contribution in [-0.2, 0) is 23.1 Å². The summed E-state index contributed by atoms with van der Waals surface area (Å²) in [4.78, 5) is 10.1. The number of nitrogens with zero attached hydrogens (tertiary/aromatic N) is 4. The van der Waals surface area contributed by atoms with Crippen LogP contribution in [0.4, 0.5) is 29.1 Å². The van der Waals surface area contributed by atoms with Crippen LogP contribution >= 0.6 is 0 Å². The van der Waals surface area contributed by atoms with Crippen LogP contribution in [0, 0.1) is 17.2 Å². The van der Waals surface area contributed by atoms with Crippen molar-refractivity contribution in [2.75, 3.05) is 17.2 Å². The van der Waals surface area contributed by atoms with Crippen molar-refractivity contribution in [3.8, 4) is 0 Å². The van der Waals surface area contributed by atoms with E-state index in [0.29, 0.717) is 21.5 Å². The first-order valence-electron chi connectivity index (χ1n) is 11.7. The topological polar surface area (TPSA) is 92.4 Å². The van der Waals surface area contributed by atoms with Gasteiger partial charge in [-0.3, -0.25) is 0 Å². The van der Waals surface area contributed by atoms with E-state index >= 15 is 0 Å². The molecule has 4 saturated carbocycles. The Morgan fingerprint density at radius 2 is 1.89 bits per heavy atom. The smallest absolute Gasteiger partial charge is 0.381 e. The molecule has 0 amide bonds. The van der Waals surface area contributed by atoms with Crippen LogP contribution in [0.1, 0.15) is 55.0 Å². The Bertz CT molecular complexity index is 1280. The zero-order valence-corrected chi connectivity index (χ0v) is 19.6. The highest BCUT2D eigenvalue weighted by Gasteiger charge is 2.63. The molecule has 0 radical (unpaired) electrons. The highest BCUT2D eigenvalue weighted by atomic mass is 32.2. The summed E-state index contributed by atoms with van der Waals surface area (Å²) >= 11 is 0. The Kier molecular flexibility index (Phi) is 4.93. The van der Waals surface area contributed by atoms with E-state index in [4.69, 9.17) is 5.73 Å². The number of alkyl halides is 3. The molecular formula is C23H25F4N5O2S. The molecule has 188 valence electrons. The van der Waals surface area contributed by atoms with Crippen LogP contribution in [0.15, 0.2) is 24.4 Å². The normalized spacial score (nSPS) is 28.6. The number of nitrogen functional groups attached to an aromatic ring is 1. The van der Waals surface area contributed by atoms with Gasteiger partial charge in [0.1, 0.15) is 5.82 Å². The fraction of sp³-hybridized carbons (Fsp3) is 0.565. The van der Waals surface area contributed by atoms with E-state index in [1.165, 1.54) is 0 Å². The van der Waals surface area contributed by atoms with E-state index in [2.05, 4.69) is 9.97 Å². The van der Waals surface area contributed by atoms with E-state index in [0.717, 1.165) is 43.9 Å². The van der Waals surface area contributed by atoms with Gasteiger partial charge >= 0.3 is 15.5 Å². The standard InChI is InChI=1S/C23H25F4N5O2S/c24-17-9-29-20(30-21(17)28)12-32-18-3-1-2-15(14-4-5-14)16(18)10-31(35(33,34)23(25,26)27)11-19(32)22-6-13(7-22)8-22/h1-3,9,13-14,19H,4-8,10-12H2,(H2,28,29,30). The van der Waals surface area contributed by atoms with Gasteiger partial charge in [-0.15, -0.1) is 0 Å². The molecule has 0 saturated heterocycles. The van der Waals surface area contributed by atoms with Crippen LogP contribution < -0.4 is 10.6 Å². The molecule has 4 fully saturated rings. The lowest BCUT2D eigenvalue weighted by Gasteiger charge is -2.67. The number of aromatic nitrogens is 2. The minimum absolute atomic E-state index is 0.0859. The van der Waals surface area contributed by atoms with E-state index in [1.807, 2.05) is 23.1 Å². The molecule has 1 atom stereocenters. The van der Waals surface area contributed by atoms with Crippen LogP contribution in [-0.4, -0.2) is 40.8 Å². The van der Waals surface area contributed by atoms with E-state index < -0.39 is 27.4 Å². The lowest BCUT2D eigenvalue weighted by atomic mass is 9.41.